The van der Waals surface area contributed by atoms with E-state index in [9.17, 15) is 14.7 Å². The van der Waals surface area contributed by atoms with Gasteiger partial charge in [0.15, 0.2) is 6.04 Å². The Morgan fingerprint density at radius 2 is 2.08 bits per heavy atom. The van der Waals surface area contributed by atoms with Gasteiger partial charge in [-0.2, -0.15) is 0 Å². The minimum absolute atomic E-state index is 0.173. The molecule has 0 saturated carbocycles. The summed E-state index contributed by atoms with van der Waals surface area (Å²) in [5.74, 6) is -0.792. The number of carbonyl (C=O) groups is 2. The summed E-state index contributed by atoms with van der Waals surface area (Å²) in [6.45, 7) is 8.18. The lowest BCUT2D eigenvalue weighted by atomic mass is 9.93. The molecule has 25 heavy (non-hydrogen) atoms. The number of aliphatic hydroxyl groups is 1. The van der Waals surface area contributed by atoms with E-state index >= 15 is 0 Å². The molecule has 2 N–H and O–H groups in total. The number of rotatable bonds is 5. The van der Waals surface area contributed by atoms with Gasteiger partial charge in [0.25, 0.3) is 5.91 Å². The van der Waals surface area contributed by atoms with Gasteiger partial charge >= 0.3 is 5.97 Å². The van der Waals surface area contributed by atoms with Crippen LogP contribution in [0.15, 0.2) is 5.38 Å². The van der Waals surface area contributed by atoms with Gasteiger partial charge in [0.05, 0.1) is 18.7 Å². The van der Waals surface area contributed by atoms with E-state index in [0.29, 0.717) is 5.92 Å². The number of piperidine rings is 1. The zero-order chi connectivity index (χ0) is 18.6. The number of methoxy groups -OCH3 is 1. The average molecular weight is 369 g/mol. The van der Waals surface area contributed by atoms with Gasteiger partial charge in [-0.05, 0) is 46.7 Å². The molecule has 0 bridgehead atoms. The topological polar surface area (TPSA) is 91.8 Å². The fraction of sp³-hybridized carbons (Fsp3) is 0.706. The number of nitrogens with zero attached hydrogens (tertiary/aromatic N) is 2. The van der Waals surface area contributed by atoms with E-state index < -0.39 is 24.5 Å². The second-order valence-corrected chi connectivity index (χ2v) is 8.12. The molecule has 0 spiro atoms. The van der Waals surface area contributed by atoms with Crippen molar-refractivity contribution in [1.82, 2.24) is 15.2 Å². The van der Waals surface area contributed by atoms with Crippen molar-refractivity contribution in [3.05, 3.63) is 16.1 Å². The first-order chi connectivity index (χ1) is 11.8. The zero-order valence-electron chi connectivity index (χ0n) is 15.2. The third kappa shape index (κ3) is 4.99. The molecule has 0 aliphatic carbocycles. The van der Waals surface area contributed by atoms with E-state index in [4.69, 9.17) is 0 Å². The van der Waals surface area contributed by atoms with E-state index in [-0.39, 0.29) is 11.2 Å². The monoisotopic (exact) mass is 369 g/mol. The highest BCUT2D eigenvalue weighted by atomic mass is 32.1. The maximum absolute atomic E-state index is 12.2. The van der Waals surface area contributed by atoms with Crippen molar-refractivity contribution in [3.63, 3.8) is 0 Å². The van der Waals surface area contributed by atoms with Crippen LogP contribution in [0.1, 0.15) is 55.0 Å². The second-order valence-electron chi connectivity index (χ2n) is 7.23. The summed E-state index contributed by atoms with van der Waals surface area (Å²) in [5, 5.41) is 14.3. The van der Waals surface area contributed by atoms with Gasteiger partial charge in [-0.3, -0.25) is 9.69 Å². The average Bonchev–Trinajstić information content (AvgIpc) is 3.08. The Morgan fingerprint density at radius 3 is 2.60 bits per heavy atom. The number of ether oxygens (including phenoxy) is 1. The minimum Gasteiger partial charge on any atom is -0.467 e. The van der Waals surface area contributed by atoms with Gasteiger partial charge in [-0.25, -0.2) is 9.78 Å². The third-order valence-electron chi connectivity index (χ3n) is 4.52. The van der Waals surface area contributed by atoms with E-state index in [1.165, 1.54) is 18.4 Å². The highest BCUT2D eigenvalue weighted by molar-refractivity contribution is 7.09. The lowest BCUT2D eigenvalue weighted by Gasteiger charge is -2.40. The van der Waals surface area contributed by atoms with Crippen molar-refractivity contribution >= 4 is 23.2 Å². The number of thiazole rings is 1. The predicted molar refractivity (Wildman–Crippen MR) is 95.8 cm³/mol. The molecule has 1 fully saturated rings. The van der Waals surface area contributed by atoms with Crippen LogP contribution in [-0.4, -0.2) is 65.3 Å². The van der Waals surface area contributed by atoms with E-state index in [1.54, 1.807) is 5.38 Å². The van der Waals surface area contributed by atoms with Crippen LogP contribution in [-0.2, 0) is 9.53 Å². The fourth-order valence-corrected chi connectivity index (χ4v) is 3.90. The number of hydrogen-bond donors (Lipinski definition) is 2. The number of likely N-dealkylation sites (tertiary alicyclic amines) is 1. The first kappa shape index (κ1) is 19.8. The molecule has 2 rings (SSSR count). The van der Waals surface area contributed by atoms with Crippen LogP contribution >= 0.6 is 11.3 Å². The maximum atomic E-state index is 12.2. The summed E-state index contributed by atoms with van der Waals surface area (Å²) in [5.41, 5.74) is 0.451. The summed E-state index contributed by atoms with van der Waals surface area (Å²) in [6, 6.07) is -1.07. The SMILES string of the molecule is COC(=O)[C@H](CO)NC(=O)c1csc(C2CCN(C(C)(C)C)CC2)n1. The summed E-state index contributed by atoms with van der Waals surface area (Å²) in [6.07, 6.45) is 2.04. The van der Waals surface area contributed by atoms with Crippen LogP contribution < -0.4 is 5.32 Å². The van der Waals surface area contributed by atoms with Crippen LogP contribution in [0.25, 0.3) is 0 Å². The van der Waals surface area contributed by atoms with Crippen molar-refractivity contribution in [1.29, 1.82) is 0 Å². The zero-order valence-corrected chi connectivity index (χ0v) is 16.1. The largest absolute Gasteiger partial charge is 0.467 e. The van der Waals surface area contributed by atoms with Crippen molar-refractivity contribution < 1.29 is 19.4 Å². The predicted octanol–water partition coefficient (Wildman–Crippen LogP) is 1.38. The molecule has 1 aromatic heterocycles. The molecular weight excluding hydrogens is 342 g/mol. The van der Waals surface area contributed by atoms with Crippen LogP contribution in [0.5, 0.6) is 0 Å². The number of nitrogens with one attached hydrogen (secondary N) is 1. The summed E-state index contributed by atoms with van der Waals surface area (Å²) < 4.78 is 4.54. The molecule has 1 aromatic rings. The highest BCUT2D eigenvalue weighted by Gasteiger charge is 2.29. The second kappa shape index (κ2) is 8.25. The molecule has 7 nitrogen and oxygen atoms in total. The molecule has 0 aromatic carbocycles. The Morgan fingerprint density at radius 1 is 1.44 bits per heavy atom. The Balaban J connectivity index is 1.96. The van der Waals surface area contributed by atoms with Crippen LogP contribution in [0.3, 0.4) is 0 Å². The fourth-order valence-electron chi connectivity index (χ4n) is 2.93. The molecule has 0 radical (unpaired) electrons. The Bertz CT molecular complexity index is 603. The Hall–Kier alpha value is -1.51. The van der Waals surface area contributed by atoms with E-state index in [1.807, 2.05) is 0 Å². The number of aliphatic hydroxyl groups excluding tert-OH is 1. The number of esters is 1. The molecule has 1 saturated heterocycles. The number of hydrogen-bond acceptors (Lipinski definition) is 7. The van der Waals surface area contributed by atoms with Gasteiger partial charge in [0, 0.05) is 16.8 Å². The van der Waals surface area contributed by atoms with Gasteiger partial charge in [-0.15, -0.1) is 11.3 Å². The van der Waals surface area contributed by atoms with E-state index in [2.05, 4.69) is 40.7 Å². The van der Waals surface area contributed by atoms with E-state index in [0.717, 1.165) is 30.9 Å². The summed E-state index contributed by atoms with van der Waals surface area (Å²) in [4.78, 5) is 30.6. The van der Waals surface area contributed by atoms with Crippen molar-refractivity contribution in [2.24, 2.45) is 0 Å². The van der Waals surface area contributed by atoms with Crippen LogP contribution in [0.4, 0.5) is 0 Å². The van der Waals surface area contributed by atoms with Crippen molar-refractivity contribution in [3.8, 4) is 0 Å². The molecule has 2 heterocycles. The lowest BCUT2D eigenvalue weighted by Crippen LogP contribution is -2.45. The number of aromatic nitrogens is 1. The summed E-state index contributed by atoms with van der Waals surface area (Å²) >= 11 is 1.47. The van der Waals surface area contributed by atoms with Gasteiger partial charge in [0.2, 0.25) is 0 Å². The van der Waals surface area contributed by atoms with Gasteiger partial charge in [0.1, 0.15) is 5.69 Å². The smallest absolute Gasteiger partial charge is 0.330 e. The van der Waals surface area contributed by atoms with Crippen LogP contribution in [0.2, 0.25) is 0 Å². The van der Waals surface area contributed by atoms with Gasteiger partial charge < -0.3 is 15.2 Å². The minimum atomic E-state index is -1.07. The first-order valence-corrected chi connectivity index (χ1v) is 9.34. The standard InChI is InChI=1S/C17H27N3O4S/c1-17(2,3)20-7-5-11(6-8-20)15-19-13(10-25-15)14(22)18-12(9-21)16(23)24-4/h10-12,21H,5-9H2,1-4H3,(H,18,22)/t12-/m0/s1. The number of carbonyl (C=O) groups excluding carboxylic acids is 2. The molecule has 1 atom stereocenters. The van der Waals surface area contributed by atoms with Crippen LogP contribution in [0, 0.1) is 0 Å². The third-order valence-corrected chi connectivity index (χ3v) is 5.53. The molecule has 0 unspecified atom stereocenters. The Labute approximate surface area is 152 Å². The quantitative estimate of drug-likeness (QED) is 0.762. The molecule has 1 amide bonds. The van der Waals surface area contributed by atoms with Crippen molar-refractivity contribution in [2.45, 2.75) is 51.1 Å². The lowest BCUT2D eigenvalue weighted by molar-refractivity contribution is -0.143. The summed E-state index contributed by atoms with van der Waals surface area (Å²) in [7, 11) is 1.21. The molecular formula is C17H27N3O4S. The molecule has 1 aliphatic heterocycles. The van der Waals surface area contributed by atoms with Gasteiger partial charge in [-0.1, -0.05) is 0 Å². The normalized spacial score (nSPS) is 18.0. The molecule has 140 valence electrons. The number of amides is 1. The maximum Gasteiger partial charge on any atom is 0.330 e. The molecule has 8 heteroatoms. The molecule has 1 aliphatic rings. The van der Waals surface area contributed by atoms with Crippen molar-refractivity contribution in [2.75, 3.05) is 26.8 Å². The highest BCUT2D eigenvalue weighted by Crippen LogP contribution is 2.32. The Kier molecular flexibility index (Phi) is 6.53. The first-order valence-electron chi connectivity index (χ1n) is 8.46.